The van der Waals surface area contributed by atoms with Gasteiger partial charge in [0.15, 0.2) is 0 Å². The zero-order valence-corrected chi connectivity index (χ0v) is 12.4. The number of carbonyl (C=O) groups excluding carboxylic acids is 1. The molecule has 3 rings (SSSR count). The highest BCUT2D eigenvalue weighted by Gasteiger charge is 2.30. The number of hydrogen-bond acceptors (Lipinski definition) is 3. The Bertz CT molecular complexity index is 486. The fourth-order valence-electron chi connectivity index (χ4n) is 2.81. The molecule has 5 heteroatoms. The Morgan fingerprint density at radius 3 is 2.95 bits per heavy atom. The van der Waals surface area contributed by atoms with Crippen LogP contribution in [0, 0.1) is 0 Å². The summed E-state index contributed by atoms with van der Waals surface area (Å²) in [5.74, 6) is 0.0505. The molecule has 1 fully saturated rings. The van der Waals surface area contributed by atoms with Gasteiger partial charge in [-0.05, 0) is 38.1 Å². The van der Waals surface area contributed by atoms with E-state index in [2.05, 4.69) is 31.5 Å². The predicted octanol–water partition coefficient (Wildman–Crippen LogP) is 2.13. The number of carbonyl (C=O) groups is 1. The van der Waals surface area contributed by atoms with E-state index in [0.29, 0.717) is 0 Å². The summed E-state index contributed by atoms with van der Waals surface area (Å²) in [6.45, 7) is 4.27. The van der Waals surface area contributed by atoms with E-state index in [1.807, 2.05) is 18.2 Å². The van der Waals surface area contributed by atoms with E-state index in [1.54, 1.807) is 0 Å². The molecule has 0 radical (unpaired) electrons. The minimum atomic E-state index is -0.203. The first-order chi connectivity index (χ1) is 9.24. The van der Waals surface area contributed by atoms with Crippen molar-refractivity contribution in [3.05, 3.63) is 28.2 Å². The van der Waals surface area contributed by atoms with Crippen molar-refractivity contribution >= 4 is 27.5 Å². The van der Waals surface area contributed by atoms with Gasteiger partial charge in [-0.25, -0.2) is 0 Å². The highest BCUT2D eigenvalue weighted by Crippen LogP contribution is 2.32. The topological polar surface area (TPSA) is 44.4 Å². The molecule has 19 heavy (non-hydrogen) atoms. The van der Waals surface area contributed by atoms with Crippen molar-refractivity contribution in [3.63, 3.8) is 0 Å². The summed E-state index contributed by atoms with van der Waals surface area (Å²) in [7, 11) is 0. The molecule has 2 aliphatic heterocycles. The van der Waals surface area contributed by atoms with Gasteiger partial charge in [-0.1, -0.05) is 22.0 Å². The molecule has 1 unspecified atom stereocenters. The van der Waals surface area contributed by atoms with Gasteiger partial charge >= 0.3 is 0 Å². The maximum absolute atomic E-state index is 12.0. The summed E-state index contributed by atoms with van der Waals surface area (Å²) in [4.78, 5) is 14.4. The molecule has 0 bridgehead atoms. The molecule has 0 spiro atoms. The Morgan fingerprint density at radius 2 is 2.16 bits per heavy atom. The molecular formula is C14H18BrN3O. The van der Waals surface area contributed by atoms with Crippen LogP contribution in [-0.2, 0) is 4.79 Å². The molecule has 1 atom stereocenters. The number of benzene rings is 1. The predicted molar refractivity (Wildman–Crippen MR) is 79.2 cm³/mol. The molecule has 4 nitrogen and oxygen atoms in total. The van der Waals surface area contributed by atoms with E-state index >= 15 is 0 Å². The number of halogens is 1. The van der Waals surface area contributed by atoms with Crippen molar-refractivity contribution in [1.29, 1.82) is 0 Å². The van der Waals surface area contributed by atoms with Crippen LogP contribution < -0.4 is 10.6 Å². The number of nitrogens with zero attached hydrogens (tertiary/aromatic N) is 1. The van der Waals surface area contributed by atoms with E-state index < -0.39 is 0 Å². The van der Waals surface area contributed by atoms with Gasteiger partial charge in [0.2, 0.25) is 5.91 Å². The summed E-state index contributed by atoms with van der Waals surface area (Å²) in [6, 6.07) is 5.74. The van der Waals surface area contributed by atoms with Crippen LogP contribution in [0.2, 0.25) is 0 Å². The minimum absolute atomic E-state index is 0.0505. The van der Waals surface area contributed by atoms with Crippen molar-refractivity contribution < 1.29 is 4.79 Å². The Morgan fingerprint density at radius 1 is 1.37 bits per heavy atom. The summed E-state index contributed by atoms with van der Waals surface area (Å²) in [5.41, 5.74) is 1.97. The minimum Gasteiger partial charge on any atom is -0.324 e. The molecule has 2 aliphatic rings. The van der Waals surface area contributed by atoms with E-state index in [-0.39, 0.29) is 11.9 Å². The summed E-state index contributed by atoms with van der Waals surface area (Å²) in [6.07, 6.45) is 2.61. The second kappa shape index (κ2) is 5.61. The van der Waals surface area contributed by atoms with Crippen molar-refractivity contribution in [1.82, 2.24) is 10.2 Å². The zero-order chi connectivity index (χ0) is 13.2. The van der Waals surface area contributed by atoms with Gasteiger partial charge in [0, 0.05) is 28.8 Å². The first-order valence-electron chi connectivity index (χ1n) is 6.80. The smallest absolute Gasteiger partial charge is 0.246 e. The number of nitrogens with one attached hydrogen (secondary N) is 2. The second-order valence-corrected chi connectivity index (χ2v) is 6.07. The maximum Gasteiger partial charge on any atom is 0.246 e. The molecule has 0 aliphatic carbocycles. The monoisotopic (exact) mass is 323 g/mol. The number of hydrogen-bond donors (Lipinski definition) is 2. The fourth-order valence-corrected chi connectivity index (χ4v) is 3.17. The highest BCUT2D eigenvalue weighted by molar-refractivity contribution is 9.10. The third-order valence-electron chi connectivity index (χ3n) is 3.82. The first kappa shape index (κ1) is 13.1. The Kier molecular flexibility index (Phi) is 3.86. The second-order valence-electron chi connectivity index (χ2n) is 5.16. The van der Waals surface area contributed by atoms with E-state index in [1.165, 1.54) is 25.9 Å². The van der Waals surface area contributed by atoms with Crippen LogP contribution in [0.5, 0.6) is 0 Å². The van der Waals surface area contributed by atoms with Gasteiger partial charge in [-0.3, -0.25) is 4.79 Å². The van der Waals surface area contributed by atoms with Gasteiger partial charge in [0.05, 0.1) is 0 Å². The lowest BCUT2D eigenvalue weighted by Crippen LogP contribution is -2.34. The van der Waals surface area contributed by atoms with E-state index in [9.17, 15) is 4.79 Å². The van der Waals surface area contributed by atoms with Gasteiger partial charge < -0.3 is 15.5 Å². The maximum atomic E-state index is 12.0. The number of fused-ring (bicyclic) bond motifs is 1. The quantitative estimate of drug-likeness (QED) is 0.892. The molecule has 1 amide bonds. The van der Waals surface area contributed by atoms with E-state index in [0.717, 1.165) is 28.8 Å². The fraction of sp³-hybridized carbons (Fsp3) is 0.500. The molecule has 2 heterocycles. The van der Waals surface area contributed by atoms with Crippen LogP contribution in [0.15, 0.2) is 22.7 Å². The Balaban J connectivity index is 1.60. The molecule has 1 aromatic carbocycles. The third-order valence-corrected chi connectivity index (χ3v) is 4.31. The van der Waals surface area contributed by atoms with Gasteiger partial charge in [-0.2, -0.15) is 0 Å². The summed E-state index contributed by atoms with van der Waals surface area (Å²) < 4.78 is 0.990. The number of likely N-dealkylation sites (tertiary alicyclic amines) is 1. The Labute approximate surface area is 121 Å². The molecule has 102 valence electrons. The third kappa shape index (κ3) is 2.83. The van der Waals surface area contributed by atoms with Crippen LogP contribution in [0.1, 0.15) is 24.4 Å². The lowest BCUT2D eigenvalue weighted by Gasteiger charge is -2.17. The first-order valence-corrected chi connectivity index (χ1v) is 7.59. The van der Waals surface area contributed by atoms with Crippen LogP contribution >= 0.6 is 15.9 Å². The van der Waals surface area contributed by atoms with Crippen molar-refractivity contribution in [2.45, 2.75) is 18.9 Å². The molecule has 0 saturated carbocycles. The molecule has 2 N–H and O–H groups in total. The van der Waals surface area contributed by atoms with Gasteiger partial charge in [0.1, 0.15) is 6.04 Å². The molecule has 1 saturated heterocycles. The zero-order valence-electron chi connectivity index (χ0n) is 10.8. The molecular weight excluding hydrogens is 306 g/mol. The lowest BCUT2D eigenvalue weighted by molar-refractivity contribution is -0.117. The SMILES string of the molecule is O=C1Nc2cc(Br)ccc2C1NCCN1CCCC1. The van der Waals surface area contributed by atoms with Crippen LogP contribution in [0.4, 0.5) is 5.69 Å². The summed E-state index contributed by atoms with van der Waals surface area (Å²) in [5, 5.41) is 6.29. The van der Waals surface area contributed by atoms with Crippen LogP contribution in [-0.4, -0.2) is 37.0 Å². The van der Waals surface area contributed by atoms with Crippen LogP contribution in [0.3, 0.4) is 0 Å². The van der Waals surface area contributed by atoms with Crippen LogP contribution in [0.25, 0.3) is 0 Å². The standard InChI is InChI=1S/C14H18BrN3O/c15-10-3-4-11-12(9-10)17-14(19)13(11)16-5-8-18-6-1-2-7-18/h3-4,9,13,16H,1-2,5-8H2,(H,17,19). The van der Waals surface area contributed by atoms with Crippen molar-refractivity contribution in [3.8, 4) is 0 Å². The van der Waals surface area contributed by atoms with Gasteiger partial charge in [0.25, 0.3) is 0 Å². The molecule has 1 aromatic rings. The number of rotatable bonds is 4. The Hall–Kier alpha value is -0.910. The average molecular weight is 324 g/mol. The van der Waals surface area contributed by atoms with Crippen molar-refractivity contribution in [2.75, 3.05) is 31.5 Å². The van der Waals surface area contributed by atoms with E-state index in [4.69, 9.17) is 0 Å². The number of amides is 1. The number of anilines is 1. The highest BCUT2D eigenvalue weighted by atomic mass is 79.9. The average Bonchev–Trinajstić information content (AvgIpc) is 2.98. The van der Waals surface area contributed by atoms with Crippen molar-refractivity contribution in [2.24, 2.45) is 0 Å². The molecule has 0 aromatic heterocycles. The van der Waals surface area contributed by atoms with Gasteiger partial charge in [-0.15, -0.1) is 0 Å². The lowest BCUT2D eigenvalue weighted by atomic mass is 10.1. The summed E-state index contributed by atoms with van der Waals surface area (Å²) >= 11 is 3.42. The largest absolute Gasteiger partial charge is 0.324 e. The normalized spacial score (nSPS) is 22.6.